The zero-order valence-electron chi connectivity index (χ0n) is 15.8. The van der Waals surface area contributed by atoms with Gasteiger partial charge in [-0.3, -0.25) is 9.69 Å². The first-order chi connectivity index (χ1) is 14.1. The second-order valence-corrected chi connectivity index (χ2v) is 8.78. The summed E-state index contributed by atoms with van der Waals surface area (Å²) < 4.78 is 2.86. The van der Waals surface area contributed by atoms with Gasteiger partial charge < -0.3 is 4.57 Å². The molecule has 0 atom stereocenters. The molecular weight excluding hydrogens is 396 g/mol. The van der Waals surface area contributed by atoms with Gasteiger partial charge in [0, 0.05) is 36.3 Å². The first-order valence-corrected chi connectivity index (χ1v) is 10.6. The Kier molecular flexibility index (Phi) is 4.49. The topological polar surface area (TPSA) is 25.2 Å². The third-order valence-electron chi connectivity index (χ3n) is 5.31. The molecule has 0 unspecified atom stereocenters. The van der Waals surface area contributed by atoms with E-state index < -0.39 is 0 Å². The van der Waals surface area contributed by atoms with Crippen LogP contribution in [0.25, 0.3) is 27.8 Å². The van der Waals surface area contributed by atoms with Gasteiger partial charge in [-0.05, 0) is 28.5 Å². The number of amides is 1. The van der Waals surface area contributed by atoms with E-state index in [1.165, 1.54) is 33.0 Å². The van der Waals surface area contributed by atoms with Crippen LogP contribution in [0.3, 0.4) is 0 Å². The molecule has 0 saturated carbocycles. The number of carbonyl (C=O) groups is 1. The predicted molar refractivity (Wildman–Crippen MR) is 126 cm³/mol. The minimum Gasteiger partial charge on any atom is -0.342 e. The van der Waals surface area contributed by atoms with Crippen molar-refractivity contribution in [2.75, 3.05) is 7.05 Å². The highest BCUT2D eigenvalue weighted by atomic mass is 32.2. The molecule has 3 aromatic carbocycles. The van der Waals surface area contributed by atoms with Gasteiger partial charge in [-0.1, -0.05) is 84.6 Å². The van der Waals surface area contributed by atoms with Gasteiger partial charge in [-0.15, -0.1) is 0 Å². The largest absolute Gasteiger partial charge is 0.342 e. The van der Waals surface area contributed by atoms with Crippen LogP contribution in [0.4, 0.5) is 0 Å². The molecule has 5 heteroatoms. The lowest BCUT2D eigenvalue weighted by atomic mass is 10.0. The van der Waals surface area contributed by atoms with Crippen molar-refractivity contribution in [1.29, 1.82) is 0 Å². The van der Waals surface area contributed by atoms with E-state index in [0.717, 1.165) is 23.0 Å². The van der Waals surface area contributed by atoms with Crippen molar-refractivity contribution in [1.82, 2.24) is 9.47 Å². The minimum absolute atomic E-state index is 0.0362. The molecule has 142 valence electrons. The molecule has 1 aliphatic rings. The first kappa shape index (κ1) is 18.2. The normalized spacial score (nSPS) is 15.9. The Morgan fingerprint density at radius 1 is 0.966 bits per heavy atom. The molecule has 29 heavy (non-hydrogen) atoms. The fourth-order valence-electron chi connectivity index (χ4n) is 3.82. The van der Waals surface area contributed by atoms with E-state index in [2.05, 4.69) is 71.4 Å². The molecule has 1 saturated heterocycles. The van der Waals surface area contributed by atoms with Gasteiger partial charge in [0.1, 0.15) is 4.32 Å². The van der Waals surface area contributed by atoms with Crippen LogP contribution < -0.4 is 0 Å². The van der Waals surface area contributed by atoms with E-state index in [9.17, 15) is 4.79 Å². The number of para-hydroxylation sites is 1. The molecule has 2 heterocycles. The lowest BCUT2D eigenvalue weighted by Gasteiger charge is -2.09. The number of fused-ring (bicyclic) bond motifs is 2. The highest BCUT2D eigenvalue weighted by molar-refractivity contribution is 8.26. The molecular formula is C24H18N2OS2. The van der Waals surface area contributed by atoms with Crippen LogP contribution in [0, 0.1) is 0 Å². The Balaban J connectivity index is 1.61. The van der Waals surface area contributed by atoms with Crippen molar-refractivity contribution >= 4 is 62.0 Å². The number of benzene rings is 3. The molecule has 1 fully saturated rings. The minimum atomic E-state index is -0.0362. The van der Waals surface area contributed by atoms with Gasteiger partial charge in [0.2, 0.25) is 0 Å². The van der Waals surface area contributed by atoms with Gasteiger partial charge in [0.25, 0.3) is 5.91 Å². The van der Waals surface area contributed by atoms with Crippen molar-refractivity contribution < 1.29 is 4.79 Å². The number of likely N-dealkylation sites (N-methyl/N-ethyl adjacent to an activating group) is 1. The molecule has 0 N–H and O–H groups in total. The molecule has 0 bridgehead atoms. The maximum atomic E-state index is 12.4. The molecule has 3 nitrogen and oxygen atoms in total. The Bertz CT molecular complexity index is 1310. The summed E-state index contributed by atoms with van der Waals surface area (Å²) in [5.74, 6) is -0.0362. The second kappa shape index (κ2) is 7.17. The third-order valence-corrected chi connectivity index (χ3v) is 6.80. The molecule has 0 spiro atoms. The smallest absolute Gasteiger partial charge is 0.265 e. The quantitative estimate of drug-likeness (QED) is 0.319. The third kappa shape index (κ3) is 3.16. The summed E-state index contributed by atoms with van der Waals surface area (Å²) in [5.41, 5.74) is 3.46. The van der Waals surface area contributed by atoms with Crippen LogP contribution in [0.15, 0.2) is 77.8 Å². The average Bonchev–Trinajstić information content (AvgIpc) is 3.21. The Morgan fingerprint density at radius 3 is 2.48 bits per heavy atom. The number of aromatic nitrogens is 1. The number of hydrogen-bond acceptors (Lipinski definition) is 3. The van der Waals surface area contributed by atoms with Gasteiger partial charge in [-0.25, -0.2) is 0 Å². The molecule has 0 radical (unpaired) electrons. The lowest BCUT2D eigenvalue weighted by molar-refractivity contribution is -0.121. The fourth-order valence-corrected chi connectivity index (χ4v) is 4.99. The summed E-state index contributed by atoms with van der Waals surface area (Å²) in [4.78, 5) is 14.6. The first-order valence-electron chi connectivity index (χ1n) is 9.38. The Morgan fingerprint density at radius 2 is 1.69 bits per heavy atom. The van der Waals surface area contributed by atoms with Crippen LogP contribution in [-0.2, 0) is 11.3 Å². The summed E-state index contributed by atoms with van der Waals surface area (Å²) in [5, 5.41) is 3.64. The van der Waals surface area contributed by atoms with E-state index in [4.69, 9.17) is 12.2 Å². The van der Waals surface area contributed by atoms with Crippen LogP contribution in [0.5, 0.6) is 0 Å². The zero-order valence-corrected chi connectivity index (χ0v) is 17.5. The average molecular weight is 415 g/mol. The predicted octanol–water partition coefficient (Wildman–Crippen LogP) is 5.67. The van der Waals surface area contributed by atoms with E-state index >= 15 is 0 Å². The van der Waals surface area contributed by atoms with Crippen molar-refractivity contribution in [3.8, 4) is 0 Å². The highest BCUT2D eigenvalue weighted by Crippen LogP contribution is 2.34. The summed E-state index contributed by atoms with van der Waals surface area (Å²) in [6.45, 7) is 0.768. The summed E-state index contributed by atoms with van der Waals surface area (Å²) in [6.07, 6.45) is 4.10. The lowest BCUT2D eigenvalue weighted by Crippen LogP contribution is -2.22. The molecule has 1 amide bonds. The van der Waals surface area contributed by atoms with Crippen molar-refractivity contribution in [2.45, 2.75) is 6.54 Å². The number of thioether (sulfide) groups is 1. The van der Waals surface area contributed by atoms with Crippen LogP contribution in [0.2, 0.25) is 0 Å². The summed E-state index contributed by atoms with van der Waals surface area (Å²) in [7, 11) is 1.72. The van der Waals surface area contributed by atoms with Crippen LogP contribution >= 0.6 is 24.0 Å². The van der Waals surface area contributed by atoms with Crippen molar-refractivity contribution in [3.63, 3.8) is 0 Å². The van der Waals surface area contributed by atoms with Crippen molar-refractivity contribution in [2.24, 2.45) is 0 Å². The molecule has 0 aliphatic carbocycles. The molecule has 5 rings (SSSR count). The van der Waals surface area contributed by atoms with Gasteiger partial charge >= 0.3 is 0 Å². The molecule has 4 aromatic rings. The maximum Gasteiger partial charge on any atom is 0.265 e. The number of thiocarbonyl (C=S) groups is 1. The van der Waals surface area contributed by atoms with E-state index in [-0.39, 0.29) is 5.91 Å². The standard InChI is InChI=1S/C24H18N2OS2/c1-25-23(27)22(29-24(25)28)13-18-15-26(21-12-5-4-11-20(18)21)14-17-9-6-8-16-7-2-3-10-19(16)17/h2-13,15H,14H2,1H3/b22-13+. The highest BCUT2D eigenvalue weighted by Gasteiger charge is 2.29. The van der Waals surface area contributed by atoms with Crippen LogP contribution in [-0.4, -0.2) is 26.7 Å². The maximum absolute atomic E-state index is 12.4. The number of carbonyl (C=O) groups excluding carboxylic acids is 1. The monoisotopic (exact) mass is 414 g/mol. The Hall–Kier alpha value is -2.89. The number of hydrogen-bond donors (Lipinski definition) is 0. The zero-order chi connectivity index (χ0) is 20.0. The number of nitrogens with zero attached hydrogens (tertiary/aromatic N) is 2. The number of rotatable bonds is 3. The van der Waals surface area contributed by atoms with E-state index in [0.29, 0.717) is 9.23 Å². The van der Waals surface area contributed by atoms with Crippen molar-refractivity contribution in [3.05, 3.63) is 89.0 Å². The van der Waals surface area contributed by atoms with E-state index in [1.807, 2.05) is 12.1 Å². The van der Waals surface area contributed by atoms with Gasteiger partial charge in [0.15, 0.2) is 0 Å². The Labute approximate surface area is 178 Å². The van der Waals surface area contributed by atoms with Gasteiger partial charge in [0.05, 0.1) is 4.91 Å². The van der Waals surface area contributed by atoms with E-state index in [1.54, 1.807) is 7.05 Å². The van der Waals surface area contributed by atoms with Gasteiger partial charge in [-0.2, -0.15) is 0 Å². The second-order valence-electron chi connectivity index (χ2n) is 7.11. The summed E-state index contributed by atoms with van der Waals surface area (Å²) >= 11 is 6.63. The van der Waals surface area contributed by atoms with Crippen LogP contribution in [0.1, 0.15) is 11.1 Å². The SMILES string of the molecule is CN1C(=O)/C(=C\c2cn(Cc3cccc4ccccc34)c3ccccc23)SC1=S. The molecule has 1 aliphatic heterocycles. The molecule has 1 aromatic heterocycles. The summed E-state index contributed by atoms with van der Waals surface area (Å²) in [6, 6.07) is 23.2. The fraction of sp³-hybridized carbons (Fsp3) is 0.0833.